The maximum absolute atomic E-state index is 13.8. The van der Waals surface area contributed by atoms with Gasteiger partial charge < -0.3 is 25.0 Å². The van der Waals surface area contributed by atoms with Crippen molar-refractivity contribution in [2.75, 3.05) is 7.11 Å². The molecule has 3 aromatic rings. The Morgan fingerprint density at radius 1 is 0.951 bits per heavy atom. The van der Waals surface area contributed by atoms with Gasteiger partial charge in [-0.15, -0.1) is 33.5 Å². The molecule has 3 aromatic heterocycles. The number of allylic oxidation sites excluding steroid dienone is 2. The minimum Gasteiger partial charge on any atom is -0.664 e. The Kier molecular flexibility index (Phi) is 7.36. The van der Waals surface area contributed by atoms with Crippen molar-refractivity contribution < 1.29 is 14.3 Å². The average molecular weight is 557 g/mol. The van der Waals surface area contributed by atoms with Gasteiger partial charge in [-0.1, -0.05) is 79.0 Å². The molecule has 1 saturated heterocycles. The molecule has 0 N–H and O–H groups in total. The molecule has 5 heterocycles. The molecule has 8 bridgehead atoms. The number of ketones is 1. The van der Waals surface area contributed by atoms with E-state index in [2.05, 4.69) is 27.4 Å². The number of Topliss-reactive ketones (excluding diaryl/α,β-unsaturated/α-hetero) is 1. The van der Waals surface area contributed by atoms with Crippen molar-refractivity contribution in [2.24, 2.45) is 17.8 Å². The van der Waals surface area contributed by atoms with E-state index in [1.807, 2.05) is 45.1 Å². The molecule has 0 spiro atoms. The van der Waals surface area contributed by atoms with Crippen molar-refractivity contribution in [2.45, 2.75) is 48.0 Å². The predicted octanol–water partition coefficient (Wildman–Crippen LogP) is 3.81. The third-order valence-electron chi connectivity index (χ3n) is 9.02. The zero-order valence-electron chi connectivity index (χ0n) is 24.7. The van der Waals surface area contributed by atoms with Gasteiger partial charge in [0.05, 0.1) is 7.11 Å². The number of carbonyl (C=O) groups excluding carboxylic acids is 2. The van der Waals surface area contributed by atoms with Gasteiger partial charge in [-0.3, -0.25) is 9.59 Å². The Bertz CT molecular complexity index is 1830. The fourth-order valence-electron chi connectivity index (χ4n) is 6.44. The van der Waals surface area contributed by atoms with E-state index in [1.165, 1.54) is 7.11 Å². The maximum Gasteiger partial charge on any atom is 2.00 e. The van der Waals surface area contributed by atoms with Crippen LogP contribution >= 0.6 is 0 Å². The normalized spacial score (nSPS) is 25.3. The zero-order chi connectivity index (χ0) is 28.6. The SMILES string of the molecule is C=Cc1c2[n-]c(c1C)/C=C1\[N-]/C(=C3\c4[n-]c(c(C)c4C(=O)[C@@H]3C(=O)OC)/C=c3\[n-]/c(c(C)c3C)=C\2)[C@@H](CC)[C@@H]1C.[Mg+2]. The number of hydrogen-bond acceptors (Lipinski definition) is 3. The van der Waals surface area contributed by atoms with Crippen LogP contribution in [0.1, 0.15) is 81.2 Å². The van der Waals surface area contributed by atoms with Gasteiger partial charge in [-0.05, 0) is 45.1 Å². The number of esters is 1. The molecule has 6 rings (SSSR count). The summed E-state index contributed by atoms with van der Waals surface area (Å²) in [6.45, 7) is 16.3. The number of aromatic nitrogens is 3. The molecular weight excluding hydrogens is 525 g/mol. The first kappa shape index (κ1) is 29.0. The van der Waals surface area contributed by atoms with Crippen LogP contribution in [0.25, 0.3) is 35.2 Å². The van der Waals surface area contributed by atoms with Gasteiger partial charge >= 0.3 is 29.0 Å². The van der Waals surface area contributed by atoms with E-state index in [0.29, 0.717) is 22.5 Å². The molecule has 0 radical (unpaired) electrons. The van der Waals surface area contributed by atoms with Gasteiger partial charge in [0, 0.05) is 5.56 Å². The van der Waals surface area contributed by atoms with E-state index in [9.17, 15) is 9.59 Å². The number of rotatable bonds is 3. The zero-order valence-corrected chi connectivity index (χ0v) is 26.1. The van der Waals surface area contributed by atoms with Crippen molar-refractivity contribution in [3.8, 4) is 0 Å². The first-order chi connectivity index (χ1) is 19.1. The summed E-state index contributed by atoms with van der Waals surface area (Å²) in [6, 6.07) is 0. The number of fused-ring (bicyclic) bond motifs is 7. The van der Waals surface area contributed by atoms with E-state index in [-0.39, 0.29) is 40.7 Å². The van der Waals surface area contributed by atoms with Crippen LogP contribution in [0, 0.1) is 45.4 Å². The summed E-state index contributed by atoms with van der Waals surface area (Å²) in [6.07, 6.45) is 8.61. The molecule has 0 saturated carbocycles. The number of carbonyl (C=O) groups is 2. The second kappa shape index (κ2) is 10.4. The molecule has 3 atom stereocenters. The quantitative estimate of drug-likeness (QED) is 0.276. The Labute approximate surface area is 256 Å². The summed E-state index contributed by atoms with van der Waals surface area (Å²) in [5.41, 5.74) is 10.3. The van der Waals surface area contributed by atoms with Gasteiger partial charge in [0.2, 0.25) is 0 Å². The summed E-state index contributed by atoms with van der Waals surface area (Å²) in [7, 11) is 1.31. The van der Waals surface area contributed by atoms with Crippen LogP contribution in [0.2, 0.25) is 0 Å². The third-order valence-corrected chi connectivity index (χ3v) is 9.02. The van der Waals surface area contributed by atoms with Crippen molar-refractivity contribution in [3.63, 3.8) is 0 Å². The van der Waals surface area contributed by atoms with Crippen LogP contribution in [0.15, 0.2) is 18.0 Å². The summed E-state index contributed by atoms with van der Waals surface area (Å²) in [5, 5.41) is 6.74. The van der Waals surface area contributed by atoms with Crippen LogP contribution in [0.4, 0.5) is 0 Å². The molecule has 206 valence electrons. The summed E-state index contributed by atoms with van der Waals surface area (Å²) < 4.78 is 5.13. The van der Waals surface area contributed by atoms with Gasteiger partial charge in [0.15, 0.2) is 5.78 Å². The number of methoxy groups -OCH3 is 1. The second-order valence-corrected chi connectivity index (χ2v) is 11.0. The molecular formula is C33H32MgN4O3-2. The number of nitrogens with zero attached hydrogens (tertiary/aromatic N) is 4. The van der Waals surface area contributed by atoms with E-state index < -0.39 is 11.9 Å². The third kappa shape index (κ3) is 4.14. The topological polar surface area (TPSA) is 99.8 Å². The molecule has 7 nitrogen and oxygen atoms in total. The maximum atomic E-state index is 13.8. The Morgan fingerprint density at radius 2 is 1.59 bits per heavy atom. The summed E-state index contributed by atoms with van der Waals surface area (Å²) in [4.78, 5) is 41.8. The number of hydrogen-bond donors (Lipinski definition) is 0. The predicted molar refractivity (Wildman–Crippen MR) is 162 cm³/mol. The van der Waals surface area contributed by atoms with Crippen molar-refractivity contribution in [1.82, 2.24) is 15.0 Å². The fourth-order valence-corrected chi connectivity index (χ4v) is 6.44. The van der Waals surface area contributed by atoms with Crippen LogP contribution in [-0.4, -0.2) is 41.9 Å². The van der Waals surface area contributed by atoms with Crippen molar-refractivity contribution >= 4 is 64.7 Å². The largest absolute Gasteiger partial charge is 2.00 e. The Morgan fingerprint density at radius 3 is 2.20 bits per heavy atom. The monoisotopic (exact) mass is 556 g/mol. The first-order valence-electron chi connectivity index (χ1n) is 13.7. The van der Waals surface area contributed by atoms with Gasteiger partial charge in [0.1, 0.15) is 5.92 Å². The molecule has 1 fully saturated rings. The average Bonchev–Trinajstić information content (AvgIpc) is 3.66. The standard InChI is InChI=1S/C33H33N4O3.Mg/c1-9-19-16(5)23-12-24-17(6)20(10-2)30(36-24)28-29(33(39)40-8)32(38)27-18(7)25(37-31(27)28)11-21-14(3)15(4)22(34-21)13-26(19)35-23;/h9,11-13,17,20,29H,1,10H2,2-8H3,(H-,36,37,38);/q-3;+2/p-1/b21-11-,22-13-,24-12-;/t17-,20-,29+;/m0./s1. The molecule has 0 amide bonds. The van der Waals surface area contributed by atoms with Crippen LogP contribution < -0.4 is 25.7 Å². The summed E-state index contributed by atoms with van der Waals surface area (Å²) in [5.74, 6) is -1.87. The van der Waals surface area contributed by atoms with Crippen LogP contribution in [-0.2, 0) is 9.53 Å². The van der Waals surface area contributed by atoms with Crippen LogP contribution in [0.3, 0.4) is 0 Å². The first-order valence-corrected chi connectivity index (χ1v) is 13.7. The summed E-state index contributed by atoms with van der Waals surface area (Å²) >= 11 is 0. The fraction of sp³-hybridized carbons (Fsp3) is 0.333. The molecule has 0 unspecified atom stereocenters. The second-order valence-electron chi connectivity index (χ2n) is 11.0. The minimum absolute atomic E-state index is 0. The van der Waals surface area contributed by atoms with Crippen LogP contribution in [0.5, 0.6) is 0 Å². The van der Waals surface area contributed by atoms with Crippen molar-refractivity contribution in [3.05, 3.63) is 90.1 Å². The Balaban J connectivity index is 0.00000337. The molecule has 0 aromatic carbocycles. The number of ether oxygens (including phenoxy) is 1. The van der Waals surface area contributed by atoms with E-state index in [4.69, 9.17) is 25.0 Å². The molecule has 41 heavy (non-hydrogen) atoms. The van der Waals surface area contributed by atoms with Gasteiger partial charge in [0.25, 0.3) is 0 Å². The van der Waals surface area contributed by atoms with E-state index in [1.54, 1.807) is 0 Å². The molecule has 2 aliphatic heterocycles. The molecule has 1 aliphatic carbocycles. The molecule has 3 aliphatic rings. The van der Waals surface area contributed by atoms with Gasteiger partial charge in [-0.25, -0.2) is 0 Å². The Hall–Kier alpha value is -3.49. The van der Waals surface area contributed by atoms with E-state index in [0.717, 1.165) is 67.7 Å². The molecule has 8 heteroatoms. The van der Waals surface area contributed by atoms with E-state index >= 15 is 0 Å². The minimum atomic E-state index is -1.08. The van der Waals surface area contributed by atoms with Gasteiger partial charge in [-0.2, -0.15) is 11.4 Å². The van der Waals surface area contributed by atoms with Crippen molar-refractivity contribution in [1.29, 1.82) is 0 Å². The smallest absolute Gasteiger partial charge is 0.664 e.